The lowest BCUT2D eigenvalue weighted by atomic mass is 9.88. The second-order valence-electron chi connectivity index (χ2n) is 9.87. The van der Waals surface area contributed by atoms with Gasteiger partial charge in [0.2, 0.25) is 0 Å². The van der Waals surface area contributed by atoms with Crippen LogP contribution < -0.4 is 9.47 Å². The van der Waals surface area contributed by atoms with E-state index in [9.17, 15) is 14.7 Å². The Labute approximate surface area is 223 Å². The molecule has 1 atom stereocenters. The predicted molar refractivity (Wildman–Crippen MR) is 146 cm³/mol. The third-order valence-electron chi connectivity index (χ3n) is 7.37. The molecule has 6 nitrogen and oxygen atoms in total. The van der Waals surface area contributed by atoms with Gasteiger partial charge >= 0.3 is 0 Å². The first-order valence-electron chi connectivity index (χ1n) is 13.3. The maximum absolute atomic E-state index is 13.3. The molecule has 3 aromatic carbocycles. The summed E-state index contributed by atoms with van der Waals surface area (Å²) in [5.41, 5.74) is 4.87. The maximum Gasteiger partial charge on any atom is 0.295 e. The van der Waals surface area contributed by atoms with Crippen LogP contribution in [0.1, 0.15) is 60.0 Å². The fourth-order valence-corrected chi connectivity index (χ4v) is 5.44. The number of aryl methyl sites for hydroxylation is 2. The largest absolute Gasteiger partial charge is 0.507 e. The van der Waals surface area contributed by atoms with E-state index in [0.717, 1.165) is 31.2 Å². The van der Waals surface area contributed by atoms with E-state index in [-0.39, 0.29) is 11.3 Å². The van der Waals surface area contributed by atoms with E-state index in [1.807, 2.05) is 61.5 Å². The molecule has 0 aromatic heterocycles. The Balaban J connectivity index is 1.54. The Hall–Kier alpha value is -4.06. The second kappa shape index (κ2) is 11.1. The van der Waals surface area contributed by atoms with Gasteiger partial charge in [-0.05, 0) is 72.6 Å². The molecule has 1 heterocycles. The lowest BCUT2D eigenvalue weighted by Gasteiger charge is -2.25. The molecule has 1 amide bonds. The highest BCUT2D eigenvalue weighted by Crippen LogP contribution is 2.42. The first kappa shape index (κ1) is 25.6. The fourth-order valence-electron chi connectivity index (χ4n) is 5.44. The molecule has 6 heteroatoms. The van der Waals surface area contributed by atoms with Crippen molar-refractivity contribution >= 4 is 17.4 Å². The number of likely N-dealkylation sites (tertiary alicyclic amines) is 1. The van der Waals surface area contributed by atoms with Gasteiger partial charge in [-0.2, -0.15) is 0 Å². The average molecular weight is 512 g/mol. The van der Waals surface area contributed by atoms with Gasteiger partial charge in [-0.15, -0.1) is 0 Å². The number of fused-ring (bicyclic) bond motifs is 1. The monoisotopic (exact) mass is 511 g/mol. The Bertz CT molecular complexity index is 1380. The van der Waals surface area contributed by atoms with E-state index in [4.69, 9.17) is 9.47 Å². The maximum atomic E-state index is 13.3. The molecular weight excluding hydrogens is 478 g/mol. The summed E-state index contributed by atoms with van der Waals surface area (Å²) < 4.78 is 11.6. The van der Waals surface area contributed by atoms with Crippen LogP contribution in [0.3, 0.4) is 0 Å². The lowest BCUT2D eigenvalue weighted by Crippen LogP contribution is -2.30. The molecule has 1 aliphatic heterocycles. The molecule has 0 bridgehead atoms. The van der Waals surface area contributed by atoms with Gasteiger partial charge in [0.15, 0.2) is 11.5 Å². The van der Waals surface area contributed by atoms with Crippen molar-refractivity contribution in [3.63, 3.8) is 0 Å². The number of ether oxygens (including phenoxy) is 2. The van der Waals surface area contributed by atoms with E-state index in [1.165, 1.54) is 11.1 Å². The molecular formula is C32H33NO5. The zero-order valence-corrected chi connectivity index (χ0v) is 21.9. The average Bonchev–Trinajstić information content (AvgIpc) is 3.21. The van der Waals surface area contributed by atoms with Crippen molar-refractivity contribution in [2.75, 3.05) is 13.7 Å². The first-order chi connectivity index (χ1) is 18.5. The zero-order valence-electron chi connectivity index (χ0n) is 21.9. The van der Waals surface area contributed by atoms with Crippen LogP contribution in [0.25, 0.3) is 5.76 Å². The molecule has 3 aromatic rings. The molecule has 0 spiro atoms. The third-order valence-corrected chi connectivity index (χ3v) is 7.37. The minimum absolute atomic E-state index is 0.110. The number of benzene rings is 3. The number of carbonyl (C=O) groups excluding carboxylic acids is 2. The van der Waals surface area contributed by atoms with Crippen LogP contribution >= 0.6 is 0 Å². The van der Waals surface area contributed by atoms with Crippen LogP contribution in [-0.4, -0.2) is 35.4 Å². The third kappa shape index (κ3) is 4.91. The molecule has 1 saturated heterocycles. The fraction of sp³-hybridized carbons (Fsp3) is 0.312. The molecule has 196 valence electrons. The summed E-state index contributed by atoms with van der Waals surface area (Å²) in [5.74, 6) is -0.345. The Kier molecular flexibility index (Phi) is 7.50. The molecule has 2 aliphatic rings. The van der Waals surface area contributed by atoms with Gasteiger partial charge in [-0.25, -0.2) is 0 Å². The van der Waals surface area contributed by atoms with Crippen molar-refractivity contribution in [1.82, 2.24) is 4.90 Å². The van der Waals surface area contributed by atoms with Crippen LogP contribution in [0, 0.1) is 0 Å². The molecule has 1 aliphatic carbocycles. The highest BCUT2D eigenvalue weighted by atomic mass is 16.5. The van der Waals surface area contributed by atoms with Crippen LogP contribution in [0.15, 0.2) is 72.3 Å². The van der Waals surface area contributed by atoms with Crippen molar-refractivity contribution in [3.8, 4) is 11.5 Å². The summed E-state index contributed by atoms with van der Waals surface area (Å²) in [5, 5.41) is 11.4. The number of rotatable bonds is 8. The first-order valence-corrected chi connectivity index (χ1v) is 13.3. The molecule has 0 radical (unpaired) electrons. The standard InChI is InChI=1S/C32H33NO5/c1-3-17-33-29(24-15-16-26(27(19-24)37-2)38-20-21-9-5-4-6-10-21)28(31(35)32(33)36)30(34)25-14-13-22-11-7-8-12-23(22)18-25/h4-6,9-10,13-16,18-19,29,34H,3,7-8,11-12,17,20H2,1-2H3/b30-28+. The number of nitrogens with zero attached hydrogens (tertiary/aromatic N) is 1. The summed E-state index contributed by atoms with van der Waals surface area (Å²) in [6, 6.07) is 20.4. The van der Waals surface area contributed by atoms with Gasteiger partial charge in [0.1, 0.15) is 12.4 Å². The Morgan fingerprint density at radius 2 is 1.71 bits per heavy atom. The molecule has 1 fully saturated rings. The van der Waals surface area contributed by atoms with Gasteiger partial charge in [0.25, 0.3) is 11.7 Å². The molecule has 38 heavy (non-hydrogen) atoms. The Morgan fingerprint density at radius 1 is 0.947 bits per heavy atom. The van der Waals surface area contributed by atoms with Crippen LogP contribution in [0.2, 0.25) is 0 Å². The zero-order chi connectivity index (χ0) is 26.6. The van der Waals surface area contributed by atoms with E-state index in [1.54, 1.807) is 24.1 Å². The van der Waals surface area contributed by atoms with Crippen LogP contribution in [0.4, 0.5) is 0 Å². The second-order valence-corrected chi connectivity index (χ2v) is 9.87. The van der Waals surface area contributed by atoms with Crippen molar-refractivity contribution in [1.29, 1.82) is 0 Å². The van der Waals surface area contributed by atoms with Crippen LogP contribution in [-0.2, 0) is 29.0 Å². The summed E-state index contributed by atoms with van der Waals surface area (Å²) in [4.78, 5) is 28.0. The number of hydrogen-bond donors (Lipinski definition) is 1. The molecule has 1 N–H and O–H groups in total. The topological polar surface area (TPSA) is 76.1 Å². The summed E-state index contributed by atoms with van der Waals surface area (Å²) in [6.07, 6.45) is 4.92. The van der Waals surface area contributed by atoms with Crippen LogP contribution in [0.5, 0.6) is 11.5 Å². The van der Waals surface area contributed by atoms with Gasteiger partial charge in [0.05, 0.1) is 18.7 Å². The summed E-state index contributed by atoms with van der Waals surface area (Å²) in [7, 11) is 1.56. The number of Topliss-reactive ketones (excluding diaryl/α,β-unsaturated/α-hetero) is 1. The quantitative estimate of drug-likeness (QED) is 0.229. The number of hydrogen-bond acceptors (Lipinski definition) is 5. The molecule has 0 saturated carbocycles. The number of aliphatic hydroxyl groups excluding tert-OH is 1. The molecule has 5 rings (SSSR count). The summed E-state index contributed by atoms with van der Waals surface area (Å²) >= 11 is 0. The van der Waals surface area contributed by atoms with Gasteiger partial charge in [-0.3, -0.25) is 9.59 Å². The van der Waals surface area contributed by atoms with E-state index >= 15 is 0 Å². The highest BCUT2D eigenvalue weighted by Gasteiger charge is 2.46. The normalized spacial score (nSPS) is 18.4. The number of ketones is 1. The van der Waals surface area contributed by atoms with Gasteiger partial charge in [0, 0.05) is 12.1 Å². The minimum atomic E-state index is -0.719. The van der Waals surface area contributed by atoms with E-state index in [0.29, 0.717) is 42.2 Å². The highest BCUT2D eigenvalue weighted by molar-refractivity contribution is 6.46. The van der Waals surface area contributed by atoms with Crippen molar-refractivity contribution < 1.29 is 24.2 Å². The van der Waals surface area contributed by atoms with E-state index < -0.39 is 17.7 Å². The number of methoxy groups -OCH3 is 1. The van der Waals surface area contributed by atoms with Gasteiger partial charge in [-0.1, -0.05) is 55.5 Å². The lowest BCUT2D eigenvalue weighted by molar-refractivity contribution is -0.139. The minimum Gasteiger partial charge on any atom is -0.507 e. The SMILES string of the molecule is CCCN1C(=O)C(=O)/C(=C(/O)c2ccc3c(c2)CCCC3)C1c1ccc(OCc2ccccc2)c(OC)c1. The number of carbonyl (C=O) groups is 2. The molecule has 1 unspecified atom stereocenters. The van der Waals surface area contributed by atoms with Crippen molar-refractivity contribution in [3.05, 3.63) is 100 Å². The smallest absolute Gasteiger partial charge is 0.295 e. The number of aliphatic hydroxyl groups is 1. The van der Waals surface area contributed by atoms with Gasteiger partial charge < -0.3 is 19.5 Å². The number of amides is 1. The Morgan fingerprint density at radius 3 is 2.45 bits per heavy atom. The van der Waals surface area contributed by atoms with Crippen molar-refractivity contribution in [2.45, 2.75) is 51.7 Å². The summed E-state index contributed by atoms with van der Waals surface area (Å²) in [6.45, 7) is 2.73. The van der Waals surface area contributed by atoms with E-state index in [2.05, 4.69) is 0 Å². The predicted octanol–water partition coefficient (Wildman–Crippen LogP) is 5.98. The van der Waals surface area contributed by atoms with Crippen molar-refractivity contribution in [2.24, 2.45) is 0 Å².